The van der Waals surface area contributed by atoms with Gasteiger partial charge in [0.1, 0.15) is 11.5 Å². The van der Waals surface area contributed by atoms with Gasteiger partial charge in [0.2, 0.25) is 5.91 Å². The zero-order chi connectivity index (χ0) is 21.4. The van der Waals surface area contributed by atoms with E-state index in [9.17, 15) is 9.59 Å². The van der Waals surface area contributed by atoms with Crippen LogP contribution in [0.5, 0.6) is 0 Å². The molecular weight excluding hydrogens is 382 g/mol. The Morgan fingerprint density at radius 1 is 1.10 bits per heavy atom. The maximum absolute atomic E-state index is 12.3. The average molecular weight is 405 g/mol. The first-order chi connectivity index (χ1) is 14.3. The van der Waals surface area contributed by atoms with Crippen LogP contribution in [0.3, 0.4) is 0 Å². The minimum atomic E-state index is -0.406. The summed E-state index contributed by atoms with van der Waals surface area (Å²) in [5.41, 5.74) is 9.79. The van der Waals surface area contributed by atoms with E-state index in [-0.39, 0.29) is 12.3 Å². The van der Waals surface area contributed by atoms with Crippen molar-refractivity contribution in [3.8, 4) is 0 Å². The van der Waals surface area contributed by atoms with E-state index in [0.29, 0.717) is 23.5 Å². The molecule has 0 radical (unpaired) electrons. The monoisotopic (exact) mass is 405 g/mol. The first kappa shape index (κ1) is 19.6. The minimum absolute atomic E-state index is 0.208. The highest BCUT2D eigenvalue weighted by Crippen LogP contribution is 2.22. The van der Waals surface area contributed by atoms with Gasteiger partial charge in [0.05, 0.1) is 11.1 Å². The number of hydrogen-bond donors (Lipinski definition) is 2. The largest absolute Gasteiger partial charge is 0.466 e. The van der Waals surface area contributed by atoms with Gasteiger partial charge >= 0.3 is 0 Å². The van der Waals surface area contributed by atoms with Gasteiger partial charge in [0, 0.05) is 23.2 Å². The van der Waals surface area contributed by atoms with E-state index >= 15 is 0 Å². The molecule has 0 saturated heterocycles. The van der Waals surface area contributed by atoms with E-state index in [1.807, 2.05) is 42.6 Å². The number of nitrogens with zero attached hydrogens (tertiary/aromatic N) is 3. The van der Waals surface area contributed by atoms with Crippen molar-refractivity contribution in [1.29, 1.82) is 0 Å². The molecule has 4 rings (SSSR count). The highest BCUT2D eigenvalue weighted by Gasteiger charge is 2.16. The van der Waals surface area contributed by atoms with E-state index < -0.39 is 5.91 Å². The number of amides is 2. The number of hydrogen-bond acceptors (Lipinski definition) is 5. The second-order valence-corrected chi connectivity index (χ2v) is 7.34. The van der Waals surface area contributed by atoms with Gasteiger partial charge in [-0.25, -0.2) is 9.50 Å². The number of furan rings is 1. The van der Waals surface area contributed by atoms with E-state index in [1.165, 1.54) is 0 Å². The third kappa shape index (κ3) is 3.52. The molecule has 0 aliphatic carbocycles. The number of hydrazine groups is 1. The first-order valence-corrected chi connectivity index (χ1v) is 9.75. The van der Waals surface area contributed by atoms with E-state index in [0.717, 1.165) is 33.5 Å². The number of rotatable bonds is 4. The molecule has 0 aliphatic rings. The van der Waals surface area contributed by atoms with Gasteiger partial charge in [-0.15, -0.1) is 0 Å². The Bertz CT molecular complexity index is 1290. The highest BCUT2D eigenvalue weighted by molar-refractivity contribution is 5.96. The third-order valence-corrected chi connectivity index (χ3v) is 5.22. The molecule has 3 heterocycles. The minimum Gasteiger partial charge on any atom is -0.466 e. The zero-order valence-corrected chi connectivity index (χ0v) is 17.4. The Labute approximate surface area is 173 Å². The fraction of sp³-hybridized carbons (Fsp3) is 0.273. The molecule has 0 spiro atoms. The maximum atomic E-state index is 12.3. The van der Waals surface area contributed by atoms with E-state index in [2.05, 4.69) is 16.0 Å². The van der Waals surface area contributed by atoms with Crippen molar-refractivity contribution < 1.29 is 14.0 Å². The summed E-state index contributed by atoms with van der Waals surface area (Å²) in [7, 11) is 0. The summed E-state index contributed by atoms with van der Waals surface area (Å²) in [4.78, 5) is 29.2. The van der Waals surface area contributed by atoms with Crippen LogP contribution in [0.1, 0.15) is 45.3 Å². The Morgan fingerprint density at radius 3 is 2.60 bits per heavy atom. The van der Waals surface area contributed by atoms with Crippen LogP contribution < -0.4 is 10.9 Å². The molecule has 154 valence electrons. The topological polar surface area (TPSA) is 102 Å². The van der Waals surface area contributed by atoms with Crippen LogP contribution in [-0.4, -0.2) is 26.4 Å². The molecule has 8 nitrogen and oxygen atoms in total. The van der Waals surface area contributed by atoms with Gasteiger partial charge in [-0.05, 0) is 57.9 Å². The van der Waals surface area contributed by atoms with Crippen LogP contribution in [-0.2, 0) is 11.2 Å². The highest BCUT2D eigenvalue weighted by atomic mass is 16.3. The number of carbonyl (C=O) groups is 2. The molecule has 1 aromatic carbocycles. The van der Waals surface area contributed by atoms with Gasteiger partial charge in [-0.3, -0.25) is 20.4 Å². The van der Waals surface area contributed by atoms with Crippen LogP contribution in [0.15, 0.2) is 34.7 Å². The van der Waals surface area contributed by atoms with Crippen molar-refractivity contribution in [2.45, 2.75) is 40.5 Å². The summed E-state index contributed by atoms with van der Waals surface area (Å²) < 4.78 is 7.17. The van der Waals surface area contributed by atoms with Crippen LogP contribution >= 0.6 is 0 Å². The number of benzene rings is 1. The Kier molecular flexibility index (Phi) is 4.99. The third-order valence-electron chi connectivity index (χ3n) is 5.22. The summed E-state index contributed by atoms with van der Waals surface area (Å²) >= 11 is 0. The molecule has 2 amide bonds. The molecule has 0 bridgehead atoms. The molecule has 3 aromatic heterocycles. The molecule has 4 aromatic rings. The molecule has 2 N–H and O–H groups in total. The molecular formula is C22H23N5O3. The molecule has 0 aliphatic heterocycles. The van der Waals surface area contributed by atoms with Crippen molar-refractivity contribution in [2.24, 2.45) is 0 Å². The van der Waals surface area contributed by atoms with Gasteiger partial charge < -0.3 is 4.42 Å². The molecule has 0 saturated carbocycles. The summed E-state index contributed by atoms with van der Waals surface area (Å²) in [6.45, 7) is 7.39. The molecule has 0 atom stereocenters. The lowest BCUT2D eigenvalue weighted by atomic mass is 10.1. The van der Waals surface area contributed by atoms with Crippen molar-refractivity contribution in [2.75, 3.05) is 0 Å². The van der Waals surface area contributed by atoms with Crippen molar-refractivity contribution in [1.82, 2.24) is 25.4 Å². The van der Waals surface area contributed by atoms with E-state index in [1.54, 1.807) is 19.9 Å². The van der Waals surface area contributed by atoms with Crippen LogP contribution in [0.4, 0.5) is 0 Å². The molecule has 0 unspecified atom stereocenters. The van der Waals surface area contributed by atoms with Crippen LogP contribution in [0.2, 0.25) is 0 Å². The lowest BCUT2D eigenvalue weighted by Crippen LogP contribution is -2.41. The lowest BCUT2D eigenvalue weighted by Gasteiger charge is -2.11. The predicted molar refractivity (Wildman–Crippen MR) is 112 cm³/mol. The molecule has 30 heavy (non-hydrogen) atoms. The number of fused-ring (bicyclic) bond motifs is 3. The second kappa shape index (κ2) is 7.62. The number of nitrogens with one attached hydrogen (secondary N) is 2. The van der Waals surface area contributed by atoms with Gasteiger partial charge in [-0.1, -0.05) is 12.1 Å². The number of carbonyl (C=O) groups excluding carboxylic acids is 2. The summed E-state index contributed by atoms with van der Waals surface area (Å²) in [5.74, 6) is 0.461. The second-order valence-electron chi connectivity index (χ2n) is 7.34. The summed E-state index contributed by atoms with van der Waals surface area (Å²) in [5, 5.41) is 5.64. The lowest BCUT2D eigenvalue weighted by molar-refractivity contribution is -0.121. The predicted octanol–water partition coefficient (Wildman–Crippen LogP) is 3.10. The molecule has 8 heteroatoms. The Balaban J connectivity index is 1.45. The van der Waals surface area contributed by atoms with Crippen molar-refractivity contribution in [3.63, 3.8) is 0 Å². The zero-order valence-electron chi connectivity index (χ0n) is 17.4. The van der Waals surface area contributed by atoms with Gasteiger partial charge in [0.25, 0.3) is 5.91 Å². The SMILES string of the molecule is Cc1cc(C(=O)NNC(=O)CCc2c(C)nc3c4ccccc4nn3c2C)c(C)o1. The fourth-order valence-electron chi connectivity index (χ4n) is 3.69. The van der Waals surface area contributed by atoms with Gasteiger partial charge in [-0.2, -0.15) is 5.10 Å². The fourth-order valence-corrected chi connectivity index (χ4v) is 3.69. The number of aromatic nitrogens is 3. The number of aryl methyl sites for hydroxylation is 4. The molecule has 0 fully saturated rings. The average Bonchev–Trinajstić information content (AvgIpc) is 3.25. The summed E-state index contributed by atoms with van der Waals surface area (Å²) in [6, 6.07) is 9.51. The quantitative estimate of drug-likeness (QED) is 0.508. The van der Waals surface area contributed by atoms with Crippen molar-refractivity contribution >= 4 is 28.4 Å². The van der Waals surface area contributed by atoms with Crippen LogP contribution in [0, 0.1) is 27.7 Å². The van der Waals surface area contributed by atoms with Gasteiger partial charge in [0.15, 0.2) is 5.65 Å². The normalized spacial score (nSPS) is 11.2. The Hall–Kier alpha value is -3.68. The van der Waals surface area contributed by atoms with Crippen LogP contribution in [0.25, 0.3) is 16.6 Å². The van der Waals surface area contributed by atoms with E-state index in [4.69, 9.17) is 9.40 Å². The van der Waals surface area contributed by atoms with Crippen molar-refractivity contribution in [3.05, 3.63) is 64.4 Å². The first-order valence-electron chi connectivity index (χ1n) is 9.75. The smallest absolute Gasteiger partial charge is 0.273 e. The Morgan fingerprint density at radius 2 is 1.87 bits per heavy atom. The standard InChI is InChI=1S/C22H23N5O3/c1-12-11-18(15(4)30-12)22(29)25-24-20(28)10-9-16-13(2)23-21-17-7-5-6-8-19(17)26-27(21)14(16)3/h5-8,11H,9-10H2,1-4H3,(H,24,28)(H,25,29). The maximum Gasteiger partial charge on any atom is 0.273 e. The summed E-state index contributed by atoms with van der Waals surface area (Å²) in [6.07, 6.45) is 0.696.